The molecule has 1 amide bonds. The zero-order valence-electron chi connectivity index (χ0n) is 15.8. The van der Waals surface area contributed by atoms with Crippen molar-refractivity contribution < 1.29 is 10.0 Å². The van der Waals surface area contributed by atoms with E-state index in [4.69, 9.17) is 16.8 Å². The third-order valence-corrected chi connectivity index (χ3v) is 5.54. The Kier molecular flexibility index (Phi) is 11.2. The van der Waals surface area contributed by atoms with Crippen molar-refractivity contribution in [3.05, 3.63) is 28.9 Å². The van der Waals surface area contributed by atoms with Gasteiger partial charge in [0.25, 0.3) is 5.91 Å². The third kappa shape index (κ3) is 7.41. The molecule has 2 heterocycles. The topological polar surface area (TPSA) is 77.5 Å². The minimum absolute atomic E-state index is 0. The average molecular weight is 452 g/mol. The van der Waals surface area contributed by atoms with Crippen molar-refractivity contribution in [3.63, 3.8) is 0 Å². The number of pyridine rings is 1. The first kappa shape index (κ1) is 25.0. The van der Waals surface area contributed by atoms with Gasteiger partial charge in [-0.2, -0.15) is 0 Å². The van der Waals surface area contributed by atoms with Gasteiger partial charge in [-0.3, -0.25) is 10.0 Å². The van der Waals surface area contributed by atoms with Crippen LogP contribution in [0.4, 0.5) is 5.82 Å². The van der Waals surface area contributed by atoms with E-state index in [0.29, 0.717) is 22.4 Å². The number of anilines is 1. The smallest absolute Gasteiger partial charge is 0.267 e. The Hall–Kier alpha value is -1.05. The zero-order valence-corrected chi connectivity index (χ0v) is 18.2. The number of hydroxylamine groups is 1. The predicted molar refractivity (Wildman–Crippen MR) is 118 cm³/mol. The standard InChI is InChI=1S/C19H27ClN4O2.2ClH/c20-17-10-15(6-7-18(25)23-26)11-21-19(17)22-16-8-9-24(13-16)12-14-4-2-1-3-5-14;;/h6-7,10-11,14,16,26H,1-5,8-9,12-13H2,(H,21,22)(H,23,25);2*1H/b7-6+;;/t16-;;/m1../s1. The van der Waals surface area contributed by atoms with Crippen LogP contribution < -0.4 is 10.8 Å². The number of carbonyl (C=O) groups is 1. The molecule has 6 nitrogen and oxygen atoms in total. The van der Waals surface area contributed by atoms with E-state index >= 15 is 0 Å². The lowest BCUT2D eigenvalue weighted by Crippen LogP contribution is -2.31. The molecule has 0 radical (unpaired) electrons. The van der Waals surface area contributed by atoms with Gasteiger partial charge in [0.05, 0.1) is 5.02 Å². The molecule has 3 N–H and O–H groups in total. The quantitative estimate of drug-likeness (QED) is 0.344. The number of hydrogen-bond donors (Lipinski definition) is 3. The van der Waals surface area contributed by atoms with Crippen LogP contribution in [0, 0.1) is 5.92 Å². The monoisotopic (exact) mass is 450 g/mol. The molecule has 1 aromatic rings. The molecule has 0 spiro atoms. The maximum absolute atomic E-state index is 11.0. The molecular weight excluding hydrogens is 423 g/mol. The van der Waals surface area contributed by atoms with Crippen LogP contribution in [0.1, 0.15) is 44.1 Å². The van der Waals surface area contributed by atoms with Crippen molar-refractivity contribution in [1.82, 2.24) is 15.4 Å². The van der Waals surface area contributed by atoms with Gasteiger partial charge in [0.1, 0.15) is 5.82 Å². The Morgan fingerprint density at radius 2 is 2.04 bits per heavy atom. The maximum atomic E-state index is 11.0. The Balaban J connectivity index is 0.00000196. The molecule has 1 aliphatic heterocycles. The highest BCUT2D eigenvalue weighted by molar-refractivity contribution is 6.33. The summed E-state index contributed by atoms with van der Waals surface area (Å²) in [4.78, 5) is 18.0. The van der Waals surface area contributed by atoms with Crippen molar-refractivity contribution in [2.45, 2.75) is 44.6 Å². The number of amides is 1. The summed E-state index contributed by atoms with van der Waals surface area (Å²) in [6, 6.07) is 2.12. The number of hydrogen-bond acceptors (Lipinski definition) is 5. The van der Waals surface area contributed by atoms with E-state index in [-0.39, 0.29) is 24.8 Å². The Bertz CT molecular complexity index is 654. The molecule has 28 heavy (non-hydrogen) atoms. The summed E-state index contributed by atoms with van der Waals surface area (Å²) >= 11 is 6.33. The number of nitrogens with one attached hydrogen (secondary N) is 2. The SMILES string of the molecule is Cl.Cl.O=C(/C=C/c1cnc(N[C@@H]2CCN(CC3CCCCC3)C2)c(Cl)c1)NO. The van der Waals surface area contributed by atoms with Crippen LogP contribution >= 0.6 is 36.4 Å². The lowest BCUT2D eigenvalue weighted by atomic mass is 9.89. The van der Waals surface area contributed by atoms with Gasteiger partial charge in [-0.25, -0.2) is 10.5 Å². The number of aromatic nitrogens is 1. The van der Waals surface area contributed by atoms with E-state index in [2.05, 4.69) is 15.2 Å². The number of nitrogens with zero attached hydrogens (tertiary/aromatic N) is 2. The Morgan fingerprint density at radius 3 is 2.71 bits per heavy atom. The first-order chi connectivity index (χ1) is 12.6. The van der Waals surface area contributed by atoms with E-state index in [1.54, 1.807) is 23.8 Å². The summed E-state index contributed by atoms with van der Waals surface area (Å²) in [5.41, 5.74) is 2.25. The molecule has 0 bridgehead atoms. The molecule has 1 atom stereocenters. The number of halogens is 3. The molecule has 2 fully saturated rings. The van der Waals surface area contributed by atoms with Gasteiger partial charge in [-0.1, -0.05) is 30.9 Å². The predicted octanol–water partition coefficient (Wildman–Crippen LogP) is 4.16. The highest BCUT2D eigenvalue weighted by Gasteiger charge is 2.26. The second-order valence-electron chi connectivity index (χ2n) is 7.30. The molecule has 1 saturated heterocycles. The second kappa shape index (κ2) is 12.5. The van der Waals surface area contributed by atoms with Crippen LogP contribution in [0.2, 0.25) is 5.02 Å². The lowest BCUT2D eigenvalue weighted by molar-refractivity contribution is -0.124. The van der Waals surface area contributed by atoms with E-state index in [1.807, 2.05) is 0 Å². The first-order valence-electron chi connectivity index (χ1n) is 9.40. The number of carbonyl (C=O) groups excluding carboxylic acids is 1. The normalized spacial score (nSPS) is 20.4. The summed E-state index contributed by atoms with van der Waals surface area (Å²) in [5, 5.41) is 12.5. The largest absolute Gasteiger partial charge is 0.365 e. The van der Waals surface area contributed by atoms with Crippen LogP contribution in [-0.2, 0) is 4.79 Å². The molecule has 158 valence electrons. The van der Waals surface area contributed by atoms with Crippen LogP contribution in [0.25, 0.3) is 6.08 Å². The molecule has 0 aromatic carbocycles. The Morgan fingerprint density at radius 1 is 1.29 bits per heavy atom. The molecule has 1 saturated carbocycles. The highest BCUT2D eigenvalue weighted by atomic mass is 35.5. The lowest BCUT2D eigenvalue weighted by Gasteiger charge is -2.26. The van der Waals surface area contributed by atoms with Crippen LogP contribution in [0.3, 0.4) is 0 Å². The van der Waals surface area contributed by atoms with Crippen molar-refractivity contribution >= 4 is 54.2 Å². The number of rotatable bonds is 6. The summed E-state index contributed by atoms with van der Waals surface area (Å²) in [6.45, 7) is 3.38. The summed E-state index contributed by atoms with van der Waals surface area (Å²) in [5.74, 6) is 0.957. The fourth-order valence-corrected chi connectivity index (χ4v) is 4.13. The van der Waals surface area contributed by atoms with Gasteiger partial charge < -0.3 is 10.2 Å². The van der Waals surface area contributed by atoms with E-state index in [9.17, 15) is 4.79 Å². The van der Waals surface area contributed by atoms with Gasteiger partial charge in [0, 0.05) is 37.9 Å². The first-order valence-corrected chi connectivity index (χ1v) is 9.78. The minimum Gasteiger partial charge on any atom is -0.365 e. The molecule has 3 rings (SSSR count). The molecule has 1 aromatic heterocycles. The third-order valence-electron chi connectivity index (χ3n) is 5.25. The number of likely N-dealkylation sites (tertiary alicyclic amines) is 1. The summed E-state index contributed by atoms with van der Waals surface area (Å²) < 4.78 is 0. The van der Waals surface area contributed by atoms with Crippen molar-refractivity contribution in [3.8, 4) is 0 Å². The minimum atomic E-state index is -0.590. The molecule has 9 heteroatoms. The van der Waals surface area contributed by atoms with E-state index in [0.717, 1.165) is 25.4 Å². The fourth-order valence-electron chi connectivity index (χ4n) is 3.90. The average Bonchev–Trinajstić information content (AvgIpc) is 3.09. The second-order valence-corrected chi connectivity index (χ2v) is 7.71. The molecule has 0 unspecified atom stereocenters. The van der Waals surface area contributed by atoms with Crippen LogP contribution in [-0.4, -0.2) is 46.7 Å². The maximum Gasteiger partial charge on any atom is 0.267 e. The summed E-state index contributed by atoms with van der Waals surface area (Å²) in [7, 11) is 0. The van der Waals surface area contributed by atoms with Gasteiger partial charge in [0.2, 0.25) is 0 Å². The van der Waals surface area contributed by atoms with Crippen molar-refractivity contribution in [1.29, 1.82) is 0 Å². The molecule has 1 aliphatic carbocycles. The van der Waals surface area contributed by atoms with Crippen molar-refractivity contribution in [2.24, 2.45) is 5.92 Å². The van der Waals surface area contributed by atoms with Gasteiger partial charge in [-0.15, -0.1) is 24.8 Å². The van der Waals surface area contributed by atoms with Crippen molar-refractivity contribution in [2.75, 3.05) is 25.0 Å². The highest BCUT2D eigenvalue weighted by Crippen LogP contribution is 2.27. The van der Waals surface area contributed by atoms with E-state index in [1.165, 1.54) is 44.7 Å². The fraction of sp³-hybridized carbons (Fsp3) is 0.579. The summed E-state index contributed by atoms with van der Waals surface area (Å²) in [6.07, 6.45) is 12.5. The molecule has 2 aliphatic rings. The molecular formula is C19H29Cl3N4O2. The van der Waals surface area contributed by atoms with Gasteiger partial charge >= 0.3 is 0 Å². The van der Waals surface area contributed by atoms with E-state index < -0.39 is 5.91 Å². The van der Waals surface area contributed by atoms with Crippen LogP contribution in [0.15, 0.2) is 18.3 Å². The zero-order chi connectivity index (χ0) is 18.4. The van der Waals surface area contributed by atoms with Gasteiger partial charge in [0.15, 0.2) is 0 Å². The van der Waals surface area contributed by atoms with Crippen LogP contribution in [0.5, 0.6) is 0 Å². The van der Waals surface area contributed by atoms with Gasteiger partial charge in [-0.05, 0) is 42.9 Å². The Labute approximate surface area is 183 Å².